The van der Waals surface area contributed by atoms with Crippen LogP contribution in [-0.4, -0.2) is 57.4 Å². The van der Waals surface area contributed by atoms with Gasteiger partial charge in [-0.05, 0) is 23.8 Å². The van der Waals surface area contributed by atoms with Crippen molar-refractivity contribution in [2.45, 2.75) is 12.7 Å². The Bertz CT molecular complexity index is 1830. The van der Waals surface area contributed by atoms with Gasteiger partial charge >= 0.3 is 12.1 Å². The Morgan fingerprint density at radius 1 is 0.786 bits per heavy atom. The first-order valence-corrected chi connectivity index (χ1v) is 12.3. The third-order valence-corrected chi connectivity index (χ3v) is 5.79. The van der Waals surface area contributed by atoms with Gasteiger partial charge < -0.3 is 15.8 Å². The summed E-state index contributed by atoms with van der Waals surface area (Å²) in [5.74, 6) is -1.33. The Hall–Kier alpha value is -5.63. The maximum absolute atomic E-state index is 10.6. The van der Waals surface area contributed by atoms with Crippen LogP contribution in [0, 0.1) is 0 Å². The number of hydrogen-bond acceptors (Lipinski definition) is 9. The highest BCUT2D eigenvalue weighted by molar-refractivity contribution is 5.85. The molecule has 0 aliphatic heterocycles. The monoisotopic (exact) mass is 571 g/mol. The van der Waals surface area contributed by atoms with Crippen molar-refractivity contribution in [1.82, 2.24) is 40.1 Å². The minimum atomic E-state index is -5.08. The normalized spacial score (nSPS) is 11.1. The van der Waals surface area contributed by atoms with Crippen molar-refractivity contribution in [3.05, 3.63) is 90.8 Å². The Balaban J connectivity index is 0.000000451. The molecule has 0 fully saturated rings. The van der Waals surface area contributed by atoms with Crippen LogP contribution in [0.5, 0.6) is 0 Å². The maximum Gasteiger partial charge on any atom is 0.490 e. The van der Waals surface area contributed by atoms with E-state index in [-0.39, 0.29) is 0 Å². The number of aliphatic carboxylic acids is 1. The summed E-state index contributed by atoms with van der Waals surface area (Å²) in [5.41, 5.74) is 12.1. The minimum absolute atomic E-state index is 0.462. The van der Waals surface area contributed by atoms with Gasteiger partial charge in [-0.3, -0.25) is 0 Å². The van der Waals surface area contributed by atoms with Crippen LogP contribution in [0.1, 0.15) is 5.56 Å². The topological polar surface area (TPSA) is 169 Å². The quantitative estimate of drug-likeness (QED) is 0.264. The van der Waals surface area contributed by atoms with Crippen molar-refractivity contribution >= 4 is 17.1 Å². The van der Waals surface area contributed by atoms with Crippen LogP contribution < -0.4 is 5.73 Å². The first kappa shape index (κ1) is 27.9. The molecule has 4 heterocycles. The number of carboxylic acids is 1. The van der Waals surface area contributed by atoms with Crippen molar-refractivity contribution in [1.29, 1.82) is 0 Å². The van der Waals surface area contributed by atoms with Crippen LogP contribution in [0.25, 0.3) is 56.8 Å². The predicted molar refractivity (Wildman–Crippen MR) is 146 cm³/mol. The summed E-state index contributed by atoms with van der Waals surface area (Å²) in [4.78, 5) is 35.1. The van der Waals surface area contributed by atoms with Crippen molar-refractivity contribution in [3.63, 3.8) is 0 Å². The summed E-state index contributed by atoms with van der Waals surface area (Å²) in [7, 11) is 0. The van der Waals surface area contributed by atoms with Crippen LogP contribution in [-0.2, 0) is 11.3 Å². The molecule has 6 rings (SSSR count). The maximum atomic E-state index is 10.6. The van der Waals surface area contributed by atoms with Crippen molar-refractivity contribution in [2.75, 3.05) is 0 Å². The number of aromatic amines is 1. The summed E-state index contributed by atoms with van der Waals surface area (Å²) in [6.45, 7) is 0.488. The van der Waals surface area contributed by atoms with E-state index in [1.54, 1.807) is 18.5 Å². The van der Waals surface area contributed by atoms with Gasteiger partial charge in [-0.1, -0.05) is 54.6 Å². The second kappa shape index (κ2) is 11.9. The molecular weight excluding hydrogens is 551 g/mol. The van der Waals surface area contributed by atoms with Gasteiger partial charge in [0, 0.05) is 30.1 Å². The Morgan fingerprint density at radius 2 is 1.40 bits per heavy atom. The molecular formula is C28H20F3N9O2. The molecule has 11 nitrogen and oxygen atoms in total. The molecule has 0 aliphatic rings. The third-order valence-electron chi connectivity index (χ3n) is 5.79. The molecule has 0 aliphatic carbocycles. The first-order chi connectivity index (χ1) is 20.2. The number of H-pyrrole nitrogens is 1. The van der Waals surface area contributed by atoms with E-state index in [9.17, 15) is 13.2 Å². The Labute approximate surface area is 235 Å². The first-order valence-electron chi connectivity index (χ1n) is 12.3. The predicted octanol–water partition coefficient (Wildman–Crippen LogP) is 4.69. The van der Waals surface area contributed by atoms with E-state index in [0.717, 1.165) is 28.1 Å². The van der Waals surface area contributed by atoms with E-state index in [1.165, 1.54) is 0 Å². The number of benzene rings is 2. The molecule has 4 N–H and O–H groups in total. The number of rotatable bonds is 5. The number of alkyl halides is 3. The number of hydrogen-bond donors (Lipinski definition) is 3. The van der Waals surface area contributed by atoms with Gasteiger partial charge in [0.15, 0.2) is 23.1 Å². The van der Waals surface area contributed by atoms with Gasteiger partial charge in [-0.2, -0.15) is 13.2 Å². The molecule has 14 heteroatoms. The second-order valence-corrected chi connectivity index (χ2v) is 8.62. The summed E-state index contributed by atoms with van der Waals surface area (Å²) < 4.78 is 31.7. The summed E-state index contributed by atoms with van der Waals surface area (Å²) in [6, 6.07) is 23.5. The third kappa shape index (κ3) is 6.23. The molecule has 0 atom stereocenters. The number of nitrogens with one attached hydrogen (secondary N) is 1. The zero-order valence-corrected chi connectivity index (χ0v) is 21.5. The van der Waals surface area contributed by atoms with E-state index in [4.69, 9.17) is 30.6 Å². The Kier molecular flexibility index (Phi) is 7.88. The fourth-order valence-corrected chi connectivity index (χ4v) is 3.77. The summed E-state index contributed by atoms with van der Waals surface area (Å²) in [5, 5.41) is 15.5. The molecule has 0 saturated carbocycles. The number of carboxylic acid groups (broad SMARTS) is 1. The number of aromatic nitrogens is 8. The lowest BCUT2D eigenvalue weighted by Crippen LogP contribution is -2.21. The molecule has 210 valence electrons. The number of nitrogens with zero attached hydrogens (tertiary/aromatic N) is 7. The molecule has 2 aromatic carbocycles. The van der Waals surface area contributed by atoms with Gasteiger partial charge in [0.25, 0.3) is 0 Å². The highest BCUT2D eigenvalue weighted by Gasteiger charge is 2.38. The molecule has 0 bridgehead atoms. The number of halogens is 3. The zero-order valence-electron chi connectivity index (χ0n) is 21.5. The largest absolute Gasteiger partial charge is 0.490 e. The van der Waals surface area contributed by atoms with Gasteiger partial charge in [-0.15, -0.1) is 10.2 Å². The van der Waals surface area contributed by atoms with E-state index in [0.29, 0.717) is 40.9 Å². The highest BCUT2D eigenvalue weighted by atomic mass is 19.4. The van der Waals surface area contributed by atoms with Gasteiger partial charge in [0.2, 0.25) is 0 Å². The molecule has 42 heavy (non-hydrogen) atoms. The van der Waals surface area contributed by atoms with Crippen LogP contribution >= 0.6 is 0 Å². The standard InChI is InChI=1S/C26H19N9.C2HF3O2/c27-15-16-7-9-18(10-8-16)21-22(17-5-2-1-3-6-17)32-23-19(30-21)11-12-20(31-23)24-33-26(35-34-24)25-28-13-4-14-29-25;3-2(4,5)1(6)7/h1-14H,15,27H2,(H,33,34,35);(H,6,7). The van der Waals surface area contributed by atoms with Crippen LogP contribution in [0.2, 0.25) is 0 Å². The highest BCUT2D eigenvalue weighted by Crippen LogP contribution is 2.31. The number of carbonyl (C=O) groups is 1. The van der Waals surface area contributed by atoms with Crippen LogP contribution in [0.15, 0.2) is 85.2 Å². The van der Waals surface area contributed by atoms with E-state index >= 15 is 0 Å². The number of pyridine rings is 1. The molecule has 0 unspecified atom stereocenters. The van der Waals surface area contributed by atoms with E-state index in [2.05, 4.69) is 25.1 Å². The van der Waals surface area contributed by atoms with Crippen LogP contribution in [0.3, 0.4) is 0 Å². The lowest BCUT2D eigenvalue weighted by atomic mass is 10.0. The summed E-state index contributed by atoms with van der Waals surface area (Å²) in [6.07, 6.45) is -1.78. The van der Waals surface area contributed by atoms with Gasteiger partial charge in [0.1, 0.15) is 11.2 Å². The Morgan fingerprint density at radius 3 is 2.05 bits per heavy atom. The van der Waals surface area contributed by atoms with Crippen molar-refractivity contribution < 1.29 is 23.1 Å². The molecule has 0 amide bonds. The van der Waals surface area contributed by atoms with Gasteiger partial charge in [-0.25, -0.2) is 29.7 Å². The fraction of sp³-hybridized carbons (Fsp3) is 0.0714. The second-order valence-electron chi connectivity index (χ2n) is 8.62. The molecule has 6 aromatic rings. The molecule has 0 radical (unpaired) electrons. The number of fused-ring (bicyclic) bond motifs is 1. The molecule has 0 spiro atoms. The SMILES string of the molecule is NCc1ccc(-c2nc3ccc(-c4nnc(-c5ncccn5)[nH]4)nc3nc2-c2ccccc2)cc1.O=C(O)C(F)(F)F. The molecule has 4 aromatic heterocycles. The van der Waals surface area contributed by atoms with E-state index in [1.807, 2.05) is 66.7 Å². The smallest absolute Gasteiger partial charge is 0.475 e. The zero-order chi connectivity index (χ0) is 29.7. The number of nitrogens with two attached hydrogens (primary N) is 1. The van der Waals surface area contributed by atoms with Crippen LogP contribution in [0.4, 0.5) is 13.2 Å². The fourth-order valence-electron chi connectivity index (χ4n) is 3.77. The average molecular weight is 572 g/mol. The van der Waals surface area contributed by atoms with E-state index < -0.39 is 12.1 Å². The summed E-state index contributed by atoms with van der Waals surface area (Å²) >= 11 is 0. The molecule has 0 saturated heterocycles. The van der Waals surface area contributed by atoms with Crippen molar-refractivity contribution in [3.8, 4) is 45.7 Å². The lowest BCUT2D eigenvalue weighted by Gasteiger charge is -2.11. The van der Waals surface area contributed by atoms with Crippen molar-refractivity contribution in [2.24, 2.45) is 5.73 Å². The minimum Gasteiger partial charge on any atom is -0.475 e. The lowest BCUT2D eigenvalue weighted by molar-refractivity contribution is -0.192. The average Bonchev–Trinajstić information content (AvgIpc) is 3.51. The van der Waals surface area contributed by atoms with Gasteiger partial charge in [0.05, 0.1) is 11.4 Å².